The van der Waals surface area contributed by atoms with Crippen LogP contribution in [0, 0.1) is 0 Å². The summed E-state index contributed by atoms with van der Waals surface area (Å²) in [5, 5.41) is 2.87. The number of carbonyl (C=O) groups is 2. The Morgan fingerprint density at radius 1 is 1.16 bits per heavy atom. The lowest BCUT2D eigenvalue weighted by Crippen LogP contribution is -2.36. The van der Waals surface area contributed by atoms with Gasteiger partial charge in [0, 0.05) is 25.1 Å². The van der Waals surface area contributed by atoms with Crippen molar-refractivity contribution in [3.8, 4) is 5.75 Å². The molecule has 1 fully saturated rings. The summed E-state index contributed by atoms with van der Waals surface area (Å²) in [4.78, 5) is 27.1. The van der Waals surface area contributed by atoms with E-state index >= 15 is 0 Å². The largest absolute Gasteiger partial charge is 0.493 e. The van der Waals surface area contributed by atoms with E-state index in [1.165, 1.54) is 0 Å². The Morgan fingerprint density at radius 2 is 2.00 bits per heavy atom. The number of amides is 2. The summed E-state index contributed by atoms with van der Waals surface area (Å²) in [7, 11) is 0. The second kappa shape index (κ2) is 6.59. The van der Waals surface area contributed by atoms with Crippen molar-refractivity contribution in [2.75, 3.05) is 19.7 Å². The highest BCUT2D eigenvalue weighted by molar-refractivity contribution is 5.95. The first-order valence-electron chi connectivity index (χ1n) is 8.61. The molecule has 5 heteroatoms. The van der Waals surface area contributed by atoms with Crippen molar-refractivity contribution < 1.29 is 14.3 Å². The van der Waals surface area contributed by atoms with Gasteiger partial charge in [-0.25, -0.2) is 0 Å². The minimum Gasteiger partial charge on any atom is -0.493 e. The Hall–Kier alpha value is -2.82. The number of nitrogens with one attached hydrogen (secondary N) is 1. The molecule has 0 aromatic heterocycles. The maximum Gasteiger partial charge on any atom is 0.254 e. The van der Waals surface area contributed by atoms with Crippen molar-refractivity contribution in [2.45, 2.75) is 18.9 Å². The van der Waals surface area contributed by atoms with E-state index in [1.807, 2.05) is 53.4 Å². The molecule has 2 aliphatic rings. The normalized spacial score (nSPS) is 19.6. The molecule has 0 aliphatic carbocycles. The van der Waals surface area contributed by atoms with Crippen LogP contribution in [-0.4, -0.2) is 36.4 Å². The van der Waals surface area contributed by atoms with Crippen LogP contribution < -0.4 is 10.1 Å². The number of hydrogen-bond acceptors (Lipinski definition) is 3. The zero-order valence-corrected chi connectivity index (χ0v) is 13.9. The molecule has 1 atom stereocenters. The van der Waals surface area contributed by atoms with E-state index in [-0.39, 0.29) is 24.3 Å². The molecule has 0 radical (unpaired) electrons. The van der Waals surface area contributed by atoms with Gasteiger partial charge in [-0.2, -0.15) is 0 Å². The first-order chi connectivity index (χ1) is 12.2. The molecule has 25 heavy (non-hydrogen) atoms. The third-order valence-electron chi connectivity index (χ3n) is 4.81. The minimum absolute atomic E-state index is 0.0218. The van der Waals surface area contributed by atoms with E-state index < -0.39 is 0 Å². The SMILES string of the molecule is O=C1C[C@@H](c2ccccc2)N(C(=O)c2ccc3c(c2)CCO3)CCN1. The molecule has 1 N–H and O–H groups in total. The lowest BCUT2D eigenvalue weighted by molar-refractivity contribution is -0.121. The van der Waals surface area contributed by atoms with Gasteiger partial charge in [0.2, 0.25) is 5.91 Å². The zero-order chi connectivity index (χ0) is 17.2. The molecular weight excluding hydrogens is 316 g/mol. The number of nitrogens with zero attached hydrogens (tertiary/aromatic N) is 1. The van der Waals surface area contributed by atoms with Gasteiger partial charge >= 0.3 is 0 Å². The van der Waals surface area contributed by atoms with Gasteiger partial charge in [-0.3, -0.25) is 9.59 Å². The van der Waals surface area contributed by atoms with Crippen LogP contribution in [0.2, 0.25) is 0 Å². The molecule has 1 saturated heterocycles. The number of fused-ring (bicyclic) bond motifs is 1. The molecule has 0 unspecified atom stereocenters. The maximum atomic E-state index is 13.2. The lowest BCUT2D eigenvalue weighted by Gasteiger charge is -2.29. The van der Waals surface area contributed by atoms with Gasteiger partial charge in [0.1, 0.15) is 5.75 Å². The molecule has 2 aromatic carbocycles. The summed E-state index contributed by atoms with van der Waals surface area (Å²) in [6.07, 6.45) is 1.11. The summed E-state index contributed by atoms with van der Waals surface area (Å²) in [6.45, 7) is 1.64. The molecule has 2 amide bonds. The second-order valence-electron chi connectivity index (χ2n) is 6.40. The van der Waals surface area contributed by atoms with Gasteiger partial charge in [-0.05, 0) is 29.3 Å². The first kappa shape index (κ1) is 15.7. The van der Waals surface area contributed by atoms with E-state index in [9.17, 15) is 9.59 Å². The molecule has 4 rings (SSSR count). The average Bonchev–Trinajstić information content (AvgIpc) is 3.03. The van der Waals surface area contributed by atoms with Crippen LogP contribution in [0.3, 0.4) is 0 Å². The highest BCUT2D eigenvalue weighted by Gasteiger charge is 2.30. The number of hydrogen-bond donors (Lipinski definition) is 1. The van der Waals surface area contributed by atoms with Crippen LogP contribution in [-0.2, 0) is 11.2 Å². The molecule has 2 aromatic rings. The summed E-state index contributed by atoms with van der Waals surface area (Å²) in [5.41, 5.74) is 2.71. The Labute approximate surface area is 146 Å². The van der Waals surface area contributed by atoms with Gasteiger partial charge < -0.3 is 15.0 Å². The fourth-order valence-corrected chi connectivity index (χ4v) is 3.53. The van der Waals surface area contributed by atoms with Crippen LogP contribution in [0.5, 0.6) is 5.75 Å². The smallest absolute Gasteiger partial charge is 0.254 e. The standard InChI is InChI=1S/C20H20N2O3/c23-19-13-17(14-4-2-1-3-5-14)22(10-9-21-19)20(24)16-6-7-18-15(12-16)8-11-25-18/h1-7,12,17H,8-11,13H2,(H,21,23)/t17-/m0/s1. The zero-order valence-electron chi connectivity index (χ0n) is 13.9. The highest BCUT2D eigenvalue weighted by Crippen LogP contribution is 2.30. The number of ether oxygens (including phenoxy) is 1. The number of carbonyl (C=O) groups excluding carboxylic acids is 2. The Morgan fingerprint density at radius 3 is 2.84 bits per heavy atom. The van der Waals surface area contributed by atoms with Gasteiger partial charge in [0.05, 0.1) is 19.1 Å². The van der Waals surface area contributed by atoms with E-state index in [0.717, 1.165) is 23.3 Å². The minimum atomic E-state index is -0.249. The van der Waals surface area contributed by atoms with Gasteiger partial charge in [-0.1, -0.05) is 30.3 Å². The van der Waals surface area contributed by atoms with Crippen molar-refractivity contribution in [3.05, 3.63) is 65.2 Å². The molecular formula is C20H20N2O3. The predicted octanol–water partition coefficient (Wildman–Crippen LogP) is 2.32. The first-order valence-corrected chi connectivity index (χ1v) is 8.61. The van der Waals surface area contributed by atoms with Crippen molar-refractivity contribution in [1.29, 1.82) is 0 Å². The molecule has 0 saturated carbocycles. The monoisotopic (exact) mass is 336 g/mol. The number of benzene rings is 2. The van der Waals surface area contributed by atoms with Crippen molar-refractivity contribution in [2.24, 2.45) is 0 Å². The Balaban J connectivity index is 1.67. The molecule has 0 bridgehead atoms. The van der Waals surface area contributed by atoms with E-state index in [4.69, 9.17) is 4.74 Å². The quantitative estimate of drug-likeness (QED) is 0.916. The maximum absolute atomic E-state index is 13.2. The molecule has 0 spiro atoms. The third kappa shape index (κ3) is 3.09. The van der Waals surface area contributed by atoms with Gasteiger partial charge in [0.15, 0.2) is 0 Å². The lowest BCUT2D eigenvalue weighted by atomic mass is 10.0. The van der Waals surface area contributed by atoms with Gasteiger partial charge in [0.25, 0.3) is 5.91 Å². The van der Waals surface area contributed by atoms with Gasteiger partial charge in [-0.15, -0.1) is 0 Å². The molecule has 2 heterocycles. The summed E-state index contributed by atoms with van der Waals surface area (Å²) in [5.74, 6) is 0.801. The number of rotatable bonds is 2. The van der Waals surface area contributed by atoms with E-state index in [2.05, 4.69) is 5.32 Å². The predicted molar refractivity (Wildman–Crippen MR) is 93.5 cm³/mol. The van der Waals surface area contributed by atoms with Crippen molar-refractivity contribution in [3.63, 3.8) is 0 Å². The fraction of sp³-hybridized carbons (Fsp3) is 0.300. The van der Waals surface area contributed by atoms with Crippen LogP contribution in [0.25, 0.3) is 0 Å². The van der Waals surface area contributed by atoms with E-state index in [0.29, 0.717) is 25.3 Å². The van der Waals surface area contributed by atoms with Crippen molar-refractivity contribution in [1.82, 2.24) is 10.2 Å². The summed E-state index contributed by atoms with van der Waals surface area (Å²) >= 11 is 0. The third-order valence-corrected chi connectivity index (χ3v) is 4.81. The highest BCUT2D eigenvalue weighted by atomic mass is 16.5. The second-order valence-corrected chi connectivity index (χ2v) is 6.40. The van der Waals surface area contributed by atoms with Crippen LogP contribution >= 0.6 is 0 Å². The molecule has 5 nitrogen and oxygen atoms in total. The Kier molecular flexibility index (Phi) is 4.14. The summed E-state index contributed by atoms with van der Waals surface area (Å²) < 4.78 is 5.52. The fourth-order valence-electron chi connectivity index (χ4n) is 3.53. The average molecular weight is 336 g/mol. The van der Waals surface area contributed by atoms with Crippen LogP contribution in [0.15, 0.2) is 48.5 Å². The van der Waals surface area contributed by atoms with E-state index in [1.54, 1.807) is 0 Å². The summed E-state index contributed by atoms with van der Waals surface area (Å²) in [6, 6.07) is 15.1. The van der Waals surface area contributed by atoms with Crippen LogP contribution in [0.1, 0.15) is 33.9 Å². The topological polar surface area (TPSA) is 58.6 Å². The Bertz CT molecular complexity index is 804. The molecule has 2 aliphatic heterocycles. The van der Waals surface area contributed by atoms with Crippen LogP contribution in [0.4, 0.5) is 0 Å². The molecule has 128 valence electrons. The van der Waals surface area contributed by atoms with Crippen molar-refractivity contribution >= 4 is 11.8 Å².